The molecule has 26 heavy (non-hydrogen) atoms. The van der Waals surface area contributed by atoms with Crippen LogP contribution in [0.3, 0.4) is 0 Å². The van der Waals surface area contributed by atoms with Gasteiger partial charge in [0.1, 0.15) is 5.75 Å². The van der Waals surface area contributed by atoms with Crippen LogP contribution in [0.2, 0.25) is 0 Å². The van der Waals surface area contributed by atoms with E-state index in [1.807, 2.05) is 36.4 Å². The minimum Gasteiger partial charge on any atom is -0.497 e. The van der Waals surface area contributed by atoms with Crippen molar-refractivity contribution in [2.24, 2.45) is 0 Å². The molecule has 0 bridgehead atoms. The minimum absolute atomic E-state index is 0.103. The van der Waals surface area contributed by atoms with E-state index in [2.05, 4.69) is 0 Å². The summed E-state index contributed by atoms with van der Waals surface area (Å²) in [5.74, 6) is 0.475. The van der Waals surface area contributed by atoms with Crippen molar-refractivity contribution < 1.29 is 17.9 Å². The molecule has 1 atom stereocenters. The third-order valence-corrected chi connectivity index (χ3v) is 5.91. The number of ketones is 1. The Bertz CT molecular complexity index is 932. The van der Waals surface area contributed by atoms with E-state index < -0.39 is 16.1 Å². The molecule has 1 aliphatic heterocycles. The quantitative estimate of drug-likeness (QED) is 0.812. The Hall–Kier alpha value is -2.86. The van der Waals surface area contributed by atoms with E-state index in [9.17, 15) is 13.2 Å². The van der Waals surface area contributed by atoms with E-state index in [1.165, 1.54) is 35.8 Å². The van der Waals surface area contributed by atoms with Crippen LogP contribution in [0, 0.1) is 0 Å². The predicted octanol–water partition coefficient (Wildman–Crippen LogP) is 3.25. The first-order valence-corrected chi connectivity index (χ1v) is 9.56. The fraction of sp³-hybridized carbons (Fsp3) is 0.150. The molecule has 3 rings (SSSR count). The Morgan fingerprint density at radius 3 is 2.42 bits per heavy atom. The maximum absolute atomic E-state index is 13.0. The molecule has 5 nitrogen and oxygen atoms in total. The van der Waals surface area contributed by atoms with Crippen molar-refractivity contribution in [2.75, 3.05) is 7.11 Å². The molecule has 0 aliphatic carbocycles. The molecule has 0 saturated heterocycles. The number of carbonyl (C=O) groups excluding carboxylic acids is 1. The summed E-state index contributed by atoms with van der Waals surface area (Å²) in [4.78, 5) is 12.0. The summed E-state index contributed by atoms with van der Waals surface area (Å²) in [5.41, 5.74) is 0.941. The lowest BCUT2D eigenvalue weighted by Crippen LogP contribution is -2.38. The molecular weight excluding hydrogens is 350 g/mol. The number of methoxy groups -OCH3 is 1. The number of nitrogens with zero attached hydrogens (tertiary/aromatic N) is 1. The van der Waals surface area contributed by atoms with Crippen molar-refractivity contribution in [2.45, 2.75) is 17.4 Å². The molecule has 2 aromatic rings. The molecule has 0 aromatic heterocycles. The fourth-order valence-corrected chi connectivity index (χ4v) is 4.14. The van der Waals surface area contributed by atoms with Gasteiger partial charge in [-0.2, -0.15) is 0 Å². The lowest BCUT2D eigenvalue weighted by molar-refractivity contribution is -0.115. The van der Waals surface area contributed by atoms with Gasteiger partial charge in [-0.3, -0.25) is 9.10 Å². The molecule has 0 spiro atoms. The van der Waals surface area contributed by atoms with Gasteiger partial charge in [-0.1, -0.05) is 42.5 Å². The van der Waals surface area contributed by atoms with Gasteiger partial charge in [0.15, 0.2) is 5.78 Å². The second kappa shape index (κ2) is 7.58. The van der Waals surface area contributed by atoms with Gasteiger partial charge in [-0.15, -0.1) is 0 Å². The SMILES string of the molecule is COc1ccc(S(=O)(=O)N2C=CC(=O)C[C@@H]2/C=C/c2ccccc2)cc1. The molecule has 0 fully saturated rings. The molecule has 0 amide bonds. The van der Waals surface area contributed by atoms with Crippen molar-refractivity contribution in [1.82, 2.24) is 4.31 Å². The summed E-state index contributed by atoms with van der Waals surface area (Å²) in [7, 11) is -2.26. The third kappa shape index (κ3) is 3.86. The molecule has 0 saturated carbocycles. The van der Waals surface area contributed by atoms with Gasteiger partial charge in [0.2, 0.25) is 0 Å². The molecule has 0 radical (unpaired) electrons. The number of allylic oxidation sites excluding steroid dienone is 1. The summed E-state index contributed by atoms with van der Waals surface area (Å²) < 4.78 is 32.3. The Labute approximate surface area is 153 Å². The van der Waals surface area contributed by atoms with Crippen LogP contribution >= 0.6 is 0 Å². The summed E-state index contributed by atoms with van der Waals surface area (Å²) in [6.07, 6.45) is 6.32. The van der Waals surface area contributed by atoms with Crippen molar-refractivity contribution in [3.8, 4) is 5.75 Å². The fourth-order valence-electron chi connectivity index (χ4n) is 2.70. The van der Waals surface area contributed by atoms with E-state index in [4.69, 9.17) is 4.74 Å². The average Bonchev–Trinajstić information content (AvgIpc) is 2.67. The van der Waals surface area contributed by atoms with Crippen LogP contribution in [0.4, 0.5) is 0 Å². The van der Waals surface area contributed by atoms with Gasteiger partial charge in [0, 0.05) is 12.6 Å². The van der Waals surface area contributed by atoms with Crippen LogP contribution < -0.4 is 4.74 Å². The van der Waals surface area contributed by atoms with E-state index >= 15 is 0 Å². The zero-order valence-corrected chi connectivity index (χ0v) is 15.1. The topological polar surface area (TPSA) is 63.7 Å². The second-order valence-corrected chi connectivity index (χ2v) is 7.68. The van der Waals surface area contributed by atoms with Crippen molar-refractivity contribution in [1.29, 1.82) is 0 Å². The number of hydrogen-bond acceptors (Lipinski definition) is 4. The van der Waals surface area contributed by atoms with E-state index in [1.54, 1.807) is 18.2 Å². The third-order valence-electron chi connectivity index (χ3n) is 4.09. The lowest BCUT2D eigenvalue weighted by atomic mass is 10.1. The molecule has 0 N–H and O–H groups in total. The standard InChI is InChI=1S/C20H19NO4S/c1-25-19-9-11-20(12-10-19)26(23,24)21-14-13-18(22)15-17(21)8-7-16-5-3-2-4-6-16/h2-14,17H,15H2,1H3/b8-7+/t17-/m0/s1. The first-order chi connectivity index (χ1) is 12.5. The van der Waals surface area contributed by atoms with Gasteiger partial charge < -0.3 is 4.74 Å². The first-order valence-electron chi connectivity index (χ1n) is 8.12. The monoisotopic (exact) mass is 369 g/mol. The van der Waals surface area contributed by atoms with Crippen molar-refractivity contribution in [3.05, 3.63) is 78.5 Å². The van der Waals surface area contributed by atoms with Gasteiger partial charge in [-0.05, 0) is 35.9 Å². The van der Waals surface area contributed by atoms with E-state index in [0.29, 0.717) is 5.75 Å². The highest BCUT2D eigenvalue weighted by molar-refractivity contribution is 7.89. The van der Waals surface area contributed by atoms with E-state index in [0.717, 1.165) is 5.56 Å². The summed E-state index contributed by atoms with van der Waals surface area (Å²) in [5, 5.41) is 0. The van der Waals surface area contributed by atoms with Gasteiger partial charge >= 0.3 is 0 Å². The van der Waals surface area contributed by atoms with Crippen molar-refractivity contribution >= 4 is 21.9 Å². The maximum atomic E-state index is 13.0. The number of rotatable bonds is 5. The molecule has 6 heteroatoms. The smallest absolute Gasteiger partial charge is 0.264 e. The first kappa shape index (κ1) is 17.9. The number of hydrogen-bond donors (Lipinski definition) is 0. The highest BCUT2D eigenvalue weighted by atomic mass is 32.2. The van der Waals surface area contributed by atoms with E-state index in [-0.39, 0.29) is 17.1 Å². The molecule has 134 valence electrons. The zero-order chi connectivity index (χ0) is 18.6. The van der Waals surface area contributed by atoms with Crippen LogP contribution in [0.5, 0.6) is 5.75 Å². The Balaban J connectivity index is 1.92. The molecule has 2 aromatic carbocycles. The molecule has 1 aliphatic rings. The maximum Gasteiger partial charge on any atom is 0.264 e. The second-order valence-electron chi connectivity index (χ2n) is 5.83. The lowest BCUT2D eigenvalue weighted by Gasteiger charge is -2.30. The van der Waals surface area contributed by atoms with Gasteiger partial charge in [0.05, 0.1) is 18.0 Å². The predicted molar refractivity (Wildman–Crippen MR) is 100 cm³/mol. The van der Waals surface area contributed by atoms with Crippen molar-refractivity contribution in [3.63, 3.8) is 0 Å². The highest BCUT2D eigenvalue weighted by Crippen LogP contribution is 2.26. The molecule has 0 unspecified atom stereocenters. The molecule has 1 heterocycles. The van der Waals surface area contributed by atoms with Crippen LogP contribution in [0.1, 0.15) is 12.0 Å². The minimum atomic E-state index is -3.78. The molecular formula is C20H19NO4S. The number of ether oxygens (including phenoxy) is 1. The highest BCUT2D eigenvalue weighted by Gasteiger charge is 2.31. The number of carbonyl (C=O) groups is 1. The largest absolute Gasteiger partial charge is 0.497 e. The Morgan fingerprint density at radius 1 is 1.08 bits per heavy atom. The Morgan fingerprint density at radius 2 is 1.77 bits per heavy atom. The van der Waals surface area contributed by atoms with Gasteiger partial charge in [0.25, 0.3) is 10.0 Å². The van der Waals surface area contributed by atoms with Crippen LogP contribution in [-0.4, -0.2) is 31.7 Å². The van der Waals surface area contributed by atoms with Gasteiger partial charge in [-0.25, -0.2) is 8.42 Å². The number of sulfonamides is 1. The Kier molecular flexibility index (Phi) is 5.23. The van der Waals surface area contributed by atoms with Crippen LogP contribution in [-0.2, 0) is 14.8 Å². The summed E-state index contributed by atoms with van der Waals surface area (Å²) in [6, 6.07) is 15.2. The average molecular weight is 369 g/mol. The number of benzene rings is 2. The normalized spacial score (nSPS) is 17.7. The van der Waals surface area contributed by atoms with Crippen LogP contribution in [0.15, 0.2) is 77.8 Å². The summed E-state index contributed by atoms with van der Waals surface area (Å²) in [6.45, 7) is 0. The summed E-state index contributed by atoms with van der Waals surface area (Å²) >= 11 is 0. The zero-order valence-electron chi connectivity index (χ0n) is 14.3. The van der Waals surface area contributed by atoms with Crippen LogP contribution in [0.25, 0.3) is 6.08 Å².